The average Bonchev–Trinajstić information content (AvgIpc) is 3.02. The fourth-order valence-corrected chi connectivity index (χ4v) is 3.98. The van der Waals surface area contributed by atoms with Gasteiger partial charge >= 0.3 is 5.97 Å². The van der Waals surface area contributed by atoms with E-state index in [2.05, 4.69) is 9.97 Å². The molecule has 1 aliphatic heterocycles. The summed E-state index contributed by atoms with van der Waals surface area (Å²) in [6, 6.07) is 5.67. The number of imidazole rings is 1. The number of ether oxygens (including phenoxy) is 1. The minimum atomic E-state index is -0.792. The van der Waals surface area contributed by atoms with Crippen molar-refractivity contribution >= 4 is 22.9 Å². The van der Waals surface area contributed by atoms with Crippen LogP contribution in [0, 0.1) is 17.3 Å². The molecule has 0 radical (unpaired) electrons. The maximum Gasteiger partial charge on any atom is 0.303 e. The molecule has 2 heterocycles. The van der Waals surface area contributed by atoms with Crippen molar-refractivity contribution in [1.82, 2.24) is 14.9 Å². The Balaban J connectivity index is 1.81. The van der Waals surface area contributed by atoms with E-state index in [1.807, 2.05) is 43.9 Å². The van der Waals surface area contributed by atoms with E-state index in [0.29, 0.717) is 25.9 Å². The number of carboxylic acid groups (broad SMARTS) is 1. The standard InChI is InChI=1S/C21H29N3O4/c1-21(2,3)20(27)24-8-7-13(10-19(25)26)14(12-24)9-18-22-16-6-5-15(28-4)11-17(16)23-18/h5-6,11,13-14H,7-10,12H2,1-4H3,(H,22,23)(H,25,26). The highest BCUT2D eigenvalue weighted by Crippen LogP contribution is 2.32. The van der Waals surface area contributed by atoms with Gasteiger partial charge in [-0.05, 0) is 30.4 Å². The third-order valence-electron chi connectivity index (χ3n) is 5.45. The third-order valence-corrected chi connectivity index (χ3v) is 5.45. The normalized spacial score (nSPS) is 20.4. The third kappa shape index (κ3) is 4.46. The van der Waals surface area contributed by atoms with Crippen LogP contribution in [0.4, 0.5) is 0 Å². The summed E-state index contributed by atoms with van der Waals surface area (Å²) in [7, 11) is 1.62. The van der Waals surface area contributed by atoms with Crippen molar-refractivity contribution < 1.29 is 19.4 Å². The maximum atomic E-state index is 12.7. The molecule has 0 spiro atoms. The van der Waals surface area contributed by atoms with E-state index in [1.165, 1.54) is 0 Å². The average molecular weight is 387 g/mol. The number of amides is 1. The van der Waals surface area contributed by atoms with Gasteiger partial charge in [-0.1, -0.05) is 20.8 Å². The predicted molar refractivity (Wildman–Crippen MR) is 106 cm³/mol. The first-order valence-corrected chi connectivity index (χ1v) is 9.71. The number of hydrogen-bond donors (Lipinski definition) is 2. The number of piperidine rings is 1. The minimum Gasteiger partial charge on any atom is -0.497 e. The van der Waals surface area contributed by atoms with Crippen LogP contribution in [0.15, 0.2) is 18.2 Å². The quantitative estimate of drug-likeness (QED) is 0.822. The smallest absolute Gasteiger partial charge is 0.303 e. The number of nitrogens with one attached hydrogen (secondary N) is 1. The van der Waals surface area contributed by atoms with Crippen molar-refractivity contribution in [2.24, 2.45) is 17.3 Å². The summed E-state index contributed by atoms with van der Waals surface area (Å²) in [5.74, 6) is 0.975. The Morgan fingerprint density at radius 1 is 1.32 bits per heavy atom. The molecule has 152 valence electrons. The molecular weight excluding hydrogens is 358 g/mol. The molecule has 1 fully saturated rings. The van der Waals surface area contributed by atoms with Crippen LogP contribution in [0.1, 0.15) is 39.4 Å². The highest BCUT2D eigenvalue weighted by atomic mass is 16.5. The summed E-state index contributed by atoms with van der Waals surface area (Å²) in [5.41, 5.74) is 1.30. The number of likely N-dealkylation sites (tertiary alicyclic amines) is 1. The van der Waals surface area contributed by atoms with Gasteiger partial charge in [-0.3, -0.25) is 9.59 Å². The van der Waals surface area contributed by atoms with Gasteiger partial charge < -0.3 is 19.7 Å². The van der Waals surface area contributed by atoms with Gasteiger partial charge in [-0.2, -0.15) is 0 Å². The van der Waals surface area contributed by atoms with Gasteiger partial charge in [0.2, 0.25) is 5.91 Å². The van der Waals surface area contributed by atoms with Crippen LogP contribution < -0.4 is 4.74 Å². The Morgan fingerprint density at radius 2 is 2.07 bits per heavy atom. The predicted octanol–water partition coefficient (Wildman–Crippen LogP) is 3.10. The van der Waals surface area contributed by atoms with E-state index in [9.17, 15) is 14.7 Å². The molecule has 2 N–H and O–H groups in total. The van der Waals surface area contributed by atoms with E-state index in [-0.39, 0.29) is 24.2 Å². The molecule has 1 amide bonds. The molecule has 0 bridgehead atoms. The SMILES string of the molecule is COc1ccc2nc(CC3CN(C(=O)C(C)(C)C)CCC3CC(=O)O)[nH]c2c1. The second-order valence-corrected chi connectivity index (χ2v) is 8.68. The molecule has 7 nitrogen and oxygen atoms in total. The van der Waals surface area contributed by atoms with Crippen molar-refractivity contribution in [2.45, 2.75) is 40.0 Å². The van der Waals surface area contributed by atoms with Crippen LogP contribution in [0.5, 0.6) is 5.75 Å². The minimum absolute atomic E-state index is 0.0317. The number of benzene rings is 1. The first kappa shape index (κ1) is 20.2. The molecule has 1 aromatic carbocycles. The lowest BCUT2D eigenvalue weighted by atomic mass is 9.80. The summed E-state index contributed by atoms with van der Waals surface area (Å²) in [4.78, 5) is 33.9. The molecule has 3 rings (SSSR count). The van der Waals surface area contributed by atoms with E-state index in [4.69, 9.17) is 4.74 Å². The summed E-state index contributed by atoms with van der Waals surface area (Å²) < 4.78 is 5.26. The number of H-pyrrole nitrogens is 1. The molecule has 1 aliphatic rings. The lowest BCUT2D eigenvalue weighted by molar-refractivity contribution is -0.143. The van der Waals surface area contributed by atoms with Gasteiger partial charge in [0.15, 0.2) is 0 Å². The Hall–Kier alpha value is -2.57. The number of carbonyl (C=O) groups excluding carboxylic acids is 1. The summed E-state index contributed by atoms with van der Waals surface area (Å²) in [5, 5.41) is 9.31. The number of nitrogens with zero attached hydrogens (tertiary/aromatic N) is 2. The van der Waals surface area contributed by atoms with E-state index in [0.717, 1.165) is 22.6 Å². The van der Waals surface area contributed by atoms with Crippen LogP contribution in [0.3, 0.4) is 0 Å². The zero-order valence-electron chi connectivity index (χ0n) is 17.0. The zero-order chi connectivity index (χ0) is 20.5. The number of carboxylic acids is 1. The summed E-state index contributed by atoms with van der Waals surface area (Å²) in [6.07, 6.45) is 1.44. The van der Waals surface area contributed by atoms with Gasteiger partial charge in [0.05, 0.1) is 18.1 Å². The zero-order valence-corrected chi connectivity index (χ0v) is 17.0. The highest BCUT2D eigenvalue weighted by Gasteiger charge is 2.36. The topological polar surface area (TPSA) is 95.5 Å². The first-order chi connectivity index (χ1) is 13.2. The van der Waals surface area contributed by atoms with Crippen molar-refractivity contribution in [3.8, 4) is 5.75 Å². The lowest BCUT2D eigenvalue weighted by Gasteiger charge is -2.40. The molecule has 7 heteroatoms. The largest absolute Gasteiger partial charge is 0.497 e. The fourth-order valence-electron chi connectivity index (χ4n) is 3.98. The number of rotatable bonds is 5. The molecule has 2 aromatic rings. The molecule has 1 saturated heterocycles. The summed E-state index contributed by atoms with van der Waals surface area (Å²) >= 11 is 0. The van der Waals surface area contributed by atoms with Crippen molar-refractivity contribution in [1.29, 1.82) is 0 Å². The van der Waals surface area contributed by atoms with Crippen LogP contribution in [0.25, 0.3) is 11.0 Å². The Morgan fingerprint density at radius 3 is 2.71 bits per heavy atom. The Kier molecular flexibility index (Phi) is 5.63. The van der Waals surface area contributed by atoms with E-state index >= 15 is 0 Å². The van der Waals surface area contributed by atoms with Crippen LogP contribution >= 0.6 is 0 Å². The second kappa shape index (κ2) is 7.81. The Labute approximate surface area is 165 Å². The van der Waals surface area contributed by atoms with Crippen LogP contribution in [0.2, 0.25) is 0 Å². The highest BCUT2D eigenvalue weighted by molar-refractivity contribution is 5.81. The van der Waals surface area contributed by atoms with Crippen molar-refractivity contribution in [3.63, 3.8) is 0 Å². The monoisotopic (exact) mass is 387 g/mol. The number of hydrogen-bond acceptors (Lipinski definition) is 4. The molecule has 0 saturated carbocycles. The van der Waals surface area contributed by atoms with Gasteiger partial charge in [0.1, 0.15) is 11.6 Å². The van der Waals surface area contributed by atoms with Crippen LogP contribution in [-0.4, -0.2) is 52.1 Å². The van der Waals surface area contributed by atoms with Gasteiger partial charge in [-0.25, -0.2) is 4.98 Å². The molecular formula is C21H29N3O4. The molecule has 0 aliphatic carbocycles. The fraction of sp³-hybridized carbons (Fsp3) is 0.571. The molecule has 2 atom stereocenters. The van der Waals surface area contributed by atoms with Crippen molar-refractivity contribution in [2.75, 3.05) is 20.2 Å². The number of aliphatic carboxylic acids is 1. The molecule has 2 unspecified atom stereocenters. The second-order valence-electron chi connectivity index (χ2n) is 8.68. The molecule has 28 heavy (non-hydrogen) atoms. The maximum absolute atomic E-state index is 12.7. The lowest BCUT2D eigenvalue weighted by Crippen LogP contribution is -2.48. The van der Waals surface area contributed by atoms with E-state index < -0.39 is 11.4 Å². The van der Waals surface area contributed by atoms with Gasteiger partial charge in [-0.15, -0.1) is 0 Å². The van der Waals surface area contributed by atoms with Crippen molar-refractivity contribution in [3.05, 3.63) is 24.0 Å². The summed E-state index contributed by atoms with van der Waals surface area (Å²) in [6.45, 7) is 6.93. The van der Waals surface area contributed by atoms with Gasteiger partial charge in [0.25, 0.3) is 0 Å². The number of fused-ring (bicyclic) bond motifs is 1. The molecule has 1 aromatic heterocycles. The first-order valence-electron chi connectivity index (χ1n) is 9.71. The van der Waals surface area contributed by atoms with Crippen LogP contribution in [-0.2, 0) is 16.0 Å². The number of carbonyl (C=O) groups is 2. The van der Waals surface area contributed by atoms with Gasteiger partial charge in [0, 0.05) is 37.4 Å². The number of aromatic amines is 1. The number of methoxy groups -OCH3 is 1. The number of aromatic nitrogens is 2. The Bertz CT molecular complexity index is 868. The van der Waals surface area contributed by atoms with E-state index in [1.54, 1.807) is 7.11 Å².